The molecule has 1 unspecified atom stereocenters. The van der Waals surface area contributed by atoms with Crippen molar-refractivity contribution >= 4 is 44.5 Å². The number of piperidine rings is 1. The predicted octanol–water partition coefficient (Wildman–Crippen LogP) is 4.07. The summed E-state index contributed by atoms with van der Waals surface area (Å²) >= 11 is 3.39. The van der Waals surface area contributed by atoms with Crippen molar-refractivity contribution in [2.24, 2.45) is 5.41 Å². The van der Waals surface area contributed by atoms with Gasteiger partial charge in [0, 0.05) is 47.4 Å². The third-order valence-corrected chi connectivity index (χ3v) is 9.65. The lowest BCUT2D eigenvalue weighted by molar-refractivity contribution is -0.138. The summed E-state index contributed by atoms with van der Waals surface area (Å²) < 4.78 is 2.28. The summed E-state index contributed by atoms with van der Waals surface area (Å²) in [5.74, 6) is 0.769. The second kappa shape index (κ2) is 11.0. The van der Waals surface area contributed by atoms with Crippen molar-refractivity contribution in [3.05, 3.63) is 64.4 Å². The van der Waals surface area contributed by atoms with Crippen LogP contribution in [-0.2, 0) is 16.1 Å². The van der Waals surface area contributed by atoms with Crippen LogP contribution in [0.4, 0.5) is 5.82 Å². The van der Waals surface area contributed by atoms with E-state index >= 15 is 0 Å². The van der Waals surface area contributed by atoms with Gasteiger partial charge in [-0.3, -0.25) is 14.3 Å². The highest BCUT2D eigenvalue weighted by Crippen LogP contribution is 2.59. The maximum atomic E-state index is 14.1. The molecule has 3 fully saturated rings. The van der Waals surface area contributed by atoms with Gasteiger partial charge >= 0.3 is 0 Å². The van der Waals surface area contributed by atoms with Crippen LogP contribution in [0.2, 0.25) is 0 Å². The lowest BCUT2D eigenvalue weighted by atomic mass is 9.99. The second-order valence-electron chi connectivity index (χ2n) is 12.5. The number of aliphatic hydroxyl groups is 1. The molecule has 1 saturated heterocycles. The molecule has 4 atom stereocenters. The van der Waals surface area contributed by atoms with Crippen LogP contribution in [0.15, 0.2) is 47.3 Å². The van der Waals surface area contributed by atoms with Gasteiger partial charge in [0.05, 0.1) is 17.3 Å². The lowest BCUT2D eigenvalue weighted by Crippen LogP contribution is -2.47. The summed E-state index contributed by atoms with van der Waals surface area (Å²) in [7, 11) is 0. The van der Waals surface area contributed by atoms with Gasteiger partial charge in [-0.05, 0) is 91.7 Å². The third-order valence-electron chi connectivity index (χ3n) is 9.21. The molecule has 3 N–H and O–H groups in total. The van der Waals surface area contributed by atoms with E-state index in [1.807, 2.05) is 44.2 Å². The Labute approximate surface area is 263 Å². The largest absolute Gasteiger partial charge is 0.387 e. The molecule has 0 bridgehead atoms. The Hall–Kier alpha value is -3.74. The summed E-state index contributed by atoms with van der Waals surface area (Å²) in [4.78, 5) is 42.7. The number of likely N-dealkylation sites (tertiary alicyclic amines) is 1. The topological polar surface area (TPSA) is 138 Å². The van der Waals surface area contributed by atoms with Crippen molar-refractivity contribution in [2.75, 3.05) is 11.9 Å². The van der Waals surface area contributed by atoms with E-state index in [-0.39, 0.29) is 29.8 Å². The Balaban J connectivity index is 1.18. The normalized spacial score (nSPS) is 23.1. The van der Waals surface area contributed by atoms with Gasteiger partial charge in [0.1, 0.15) is 28.8 Å². The molecule has 228 valence electrons. The molecule has 0 spiro atoms. The number of hydrogen-bond acceptors (Lipinski definition) is 8. The molecule has 0 radical (unpaired) electrons. The highest BCUT2D eigenvalue weighted by Gasteiger charge is 2.67. The molecule has 4 aromatic rings. The smallest absolute Gasteiger partial charge is 0.248 e. The Bertz CT molecular complexity index is 1770. The van der Waals surface area contributed by atoms with Crippen molar-refractivity contribution in [1.82, 2.24) is 34.9 Å². The molecule has 2 amide bonds. The Morgan fingerprint density at radius 1 is 1.11 bits per heavy atom. The molecule has 1 aliphatic heterocycles. The number of fused-ring (bicyclic) bond motifs is 2. The number of benzene rings is 1. The van der Waals surface area contributed by atoms with Gasteiger partial charge in [-0.1, -0.05) is 12.1 Å². The summed E-state index contributed by atoms with van der Waals surface area (Å²) in [6.07, 6.45) is 6.52. The van der Waals surface area contributed by atoms with E-state index < -0.39 is 12.1 Å². The first kappa shape index (κ1) is 29.0. The molecule has 7 rings (SSSR count). The van der Waals surface area contributed by atoms with Gasteiger partial charge in [-0.15, -0.1) is 0 Å². The Kier molecular flexibility index (Phi) is 7.25. The second-order valence-corrected chi connectivity index (χ2v) is 13.3. The van der Waals surface area contributed by atoms with Crippen molar-refractivity contribution in [3.8, 4) is 11.1 Å². The van der Waals surface area contributed by atoms with Crippen molar-refractivity contribution in [2.45, 2.75) is 77.2 Å². The van der Waals surface area contributed by atoms with Gasteiger partial charge in [-0.25, -0.2) is 15.0 Å². The van der Waals surface area contributed by atoms with Crippen LogP contribution in [0.3, 0.4) is 0 Å². The van der Waals surface area contributed by atoms with Gasteiger partial charge in [0.25, 0.3) is 0 Å². The molecule has 2 aliphatic carbocycles. The average Bonchev–Trinajstić information content (AvgIpc) is 3.90. The van der Waals surface area contributed by atoms with Gasteiger partial charge < -0.3 is 20.6 Å². The summed E-state index contributed by atoms with van der Waals surface area (Å²) in [5, 5.41) is 22.7. The van der Waals surface area contributed by atoms with Gasteiger partial charge in [-0.2, -0.15) is 5.10 Å². The van der Waals surface area contributed by atoms with E-state index in [0.29, 0.717) is 34.4 Å². The minimum Gasteiger partial charge on any atom is -0.387 e. The molecule has 11 nitrogen and oxygen atoms in total. The monoisotopic (exact) mass is 658 g/mol. The molecule has 4 heterocycles. The van der Waals surface area contributed by atoms with Crippen LogP contribution >= 0.6 is 15.9 Å². The fraction of sp³-hybridized carbons (Fsp3) is 0.438. The van der Waals surface area contributed by atoms with Crippen molar-refractivity contribution in [3.63, 3.8) is 0 Å². The van der Waals surface area contributed by atoms with E-state index in [2.05, 4.69) is 41.5 Å². The number of aryl methyl sites for hydroxylation is 2. The molecule has 12 heteroatoms. The Morgan fingerprint density at radius 2 is 1.89 bits per heavy atom. The van der Waals surface area contributed by atoms with Crippen LogP contribution in [-0.4, -0.2) is 71.2 Å². The first-order valence-electron chi connectivity index (χ1n) is 15.1. The van der Waals surface area contributed by atoms with E-state index in [9.17, 15) is 14.7 Å². The number of aromatic nitrogens is 5. The standard InChI is InChI=1S/C32H35BrN8O3/c1-17-4-9-27(33)37-30(17)38-31(44)25-11-32(16-36-22-6-7-22)12-26(32)41(25)28(43)15-40-24-8-5-20(21-13-34-19(3)35-14-21)10-23(24)29(39-40)18(2)42/h4-5,8-10,13-14,18,22,25-26,36,42H,6-7,11-12,15-16H2,1-3H3,(H,37,38,44)/t18?,25-,26+,32-/m0/s1. The molecule has 3 aliphatic rings. The summed E-state index contributed by atoms with van der Waals surface area (Å²) in [6.45, 7) is 6.15. The predicted molar refractivity (Wildman–Crippen MR) is 169 cm³/mol. The molecular formula is C32H35BrN8O3. The highest BCUT2D eigenvalue weighted by molar-refractivity contribution is 9.10. The number of aliphatic hydroxyl groups excluding tert-OH is 1. The van der Waals surface area contributed by atoms with Crippen molar-refractivity contribution in [1.29, 1.82) is 0 Å². The summed E-state index contributed by atoms with van der Waals surface area (Å²) in [5.41, 5.74) is 3.70. The van der Waals surface area contributed by atoms with Crippen LogP contribution in [0.1, 0.15) is 55.8 Å². The maximum Gasteiger partial charge on any atom is 0.248 e. The zero-order valence-corrected chi connectivity index (χ0v) is 26.5. The van der Waals surface area contributed by atoms with E-state index in [4.69, 9.17) is 5.10 Å². The number of carbonyl (C=O) groups excluding carboxylic acids is 2. The van der Waals surface area contributed by atoms with Crippen LogP contribution in [0.5, 0.6) is 0 Å². The number of rotatable bonds is 9. The molecular weight excluding hydrogens is 624 g/mol. The van der Waals surface area contributed by atoms with E-state index in [1.54, 1.807) is 28.9 Å². The first-order chi connectivity index (χ1) is 21.1. The quantitative estimate of drug-likeness (QED) is 0.229. The zero-order valence-electron chi connectivity index (χ0n) is 24.9. The number of hydrogen-bond donors (Lipinski definition) is 3. The fourth-order valence-corrected chi connectivity index (χ4v) is 6.81. The zero-order chi connectivity index (χ0) is 30.7. The highest BCUT2D eigenvalue weighted by atomic mass is 79.9. The molecule has 1 aromatic carbocycles. The van der Waals surface area contributed by atoms with Crippen LogP contribution in [0, 0.1) is 19.3 Å². The first-order valence-corrected chi connectivity index (χ1v) is 15.9. The molecule has 44 heavy (non-hydrogen) atoms. The molecule has 3 aromatic heterocycles. The fourth-order valence-electron chi connectivity index (χ4n) is 6.50. The van der Waals surface area contributed by atoms with Gasteiger partial charge in [0.2, 0.25) is 11.8 Å². The number of pyridine rings is 1. The number of anilines is 1. The van der Waals surface area contributed by atoms with Gasteiger partial charge in [0.15, 0.2) is 0 Å². The minimum absolute atomic E-state index is 0.0141. The van der Waals surface area contributed by atoms with E-state index in [0.717, 1.165) is 40.6 Å². The number of carbonyl (C=O) groups is 2. The maximum absolute atomic E-state index is 14.1. The van der Waals surface area contributed by atoms with Crippen molar-refractivity contribution < 1.29 is 14.7 Å². The summed E-state index contributed by atoms with van der Waals surface area (Å²) in [6, 6.07) is 9.44. The average molecular weight is 660 g/mol. The SMILES string of the molecule is Cc1ncc(-c2ccc3c(c2)c(C(C)O)nn3CC(=O)N2[C@H](C(=O)Nc3nc(Br)ccc3C)C[C@@]3(CNC4CC4)C[C@@H]23)cn1. The lowest BCUT2D eigenvalue weighted by Gasteiger charge is -2.27. The molecule has 2 saturated carbocycles. The number of nitrogens with one attached hydrogen (secondary N) is 2. The van der Waals surface area contributed by atoms with E-state index in [1.165, 1.54) is 12.8 Å². The minimum atomic E-state index is -0.839. The third kappa shape index (κ3) is 5.39. The number of nitrogens with zero attached hydrogens (tertiary/aromatic N) is 6. The number of amides is 2. The van der Waals surface area contributed by atoms with Crippen LogP contribution in [0.25, 0.3) is 22.0 Å². The Morgan fingerprint density at radius 3 is 2.61 bits per heavy atom. The van der Waals surface area contributed by atoms with Crippen LogP contribution < -0.4 is 10.6 Å². The number of halogens is 1.